The standard InChI is InChI=1S/C40H40N2O6/c1-25-20-34-37(45,36(25)44)23-29(21-33-35-27(3)41-42-38(35,48-28(4)43)22-26(2)39(33,34)46)24-47-40(30-14-8-5-9-15-30,31-16-10-6-11-17-31)32-18-12-7-13-19-32/h5-21,26,33-35,45-46H,3,22-24H2,1-2,4H3/t26-,33+,34-,35+,37-,38+,39-/m1/s1. The van der Waals surface area contributed by atoms with Crippen molar-refractivity contribution in [3.63, 3.8) is 0 Å². The lowest BCUT2D eigenvalue weighted by molar-refractivity contribution is -0.215. The minimum Gasteiger partial charge on any atom is -0.435 e. The molecule has 3 aromatic carbocycles. The molecule has 0 aromatic heterocycles. The van der Waals surface area contributed by atoms with Crippen LogP contribution in [0.4, 0.5) is 0 Å². The van der Waals surface area contributed by atoms with Crippen molar-refractivity contribution < 1.29 is 29.3 Å². The Labute approximate surface area is 280 Å². The molecule has 8 heteroatoms. The Morgan fingerprint density at radius 1 is 0.938 bits per heavy atom. The van der Waals surface area contributed by atoms with Gasteiger partial charge in [-0.2, -0.15) is 5.11 Å². The SMILES string of the molecule is C=C1N=N[C@]2(OC(C)=O)C[C@@H](C)[C@@]3(O)[C@@H](C=C(COC(c4ccccc4)(c4ccccc4)c4ccccc4)C[C@]4(O)C(=O)C(C)=C[C@@H]34)[C@H]12. The minimum atomic E-state index is -1.92. The van der Waals surface area contributed by atoms with Crippen LogP contribution in [0.5, 0.6) is 0 Å². The third-order valence-electron chi connectivity index (χ3n) is 10.9. The first-order valence-corrected chi connectivity index (χ1v) is 16.4. The predicted octanol–water partition coefficient (Wildman–Crippen LogP) is 6.44. The van der Waals surface area contributed by atoms with Gasteiger partial charge in [-0.3, -0.25) is 9.59 Å². The summed E-state index contributed by atoms with van der Waals surface area (Å²) in [5.74, 6) is -3.91. The third kappa shape index (κ3) is 4.69. The van der Waals surface area contributed by atoms with Gasteiger partial charge in [0.05, 0.1) is 23.8 Å². The van der Waals surface area contributed by atoms with Gasteiger partial charge >= 0.3 is 5.97 Å². The molecule has 3 aliphatic carbocycles. The number of ketones is 1. The molecular formula is C40H40N2O6. The molecule has 7 atom stereocenters. The quantitative estimate of drug-likeness (QED) is 0.174. The number of azo groups is 1. The monoisotopic (exact) mass is 644 g/mol. The molecule has 0 unspecified atom stereocenters. The molecule has 0 saturated heterocycles. The molecule has 1 saturated carbocycles. The van der Waals surface area contributed by atoms with Crippen molar-refractivity contribution in [2.45, 2.75) is 56.1 Å². The van der Waals surface area contributed by atoms with E-state index < -0.39 is 58.0 Å². The van der Waals surface area contributed by atoms with E-state index in [4.69, 9.17) is 9.47 Å². The summed E-state index contributed by atoms with van der Waals surface area (Å²) in [6.45, 7) is 9.02. The number of carbonyl (C=O) groups is 2. The maximum absolute atomic E-state index is 13.8. The summed E-state index contributed by atoms with van der Waals surface area (Å²) in [5, 5.41) is 34.0. The zero-order valence-corrected chi connectivity index (χ0v) is 27.4. The number of carbonyl (C=O) groups excluding carboxylic acids is 2. The second-order valence-corrected chi connectivity index (χ2v) is 13.8. The summed E-state index contributed by atoms with van der Waals surface area (Å²) in [7, 11) is 0. The van der Waals surface area contributed by atoms with Crippen LogP contribution in [0, 0.1) is 23.7 Å². The van der Waals surface area contributed by atoms with E-state index in [1.807, 2.05) is 104 Å². The van der Waals surface area contributed by atoms with Gasteiger partial charge < -0.3 is 19.7 Å². The zero-order chi connectivity index (χ0) is 33.9. The summed E-state index contributed by atoms with van der Waals surface area (Å²) in [6.07, 6.45) is 3.70. The van der Waals surface area contributed by atoms with E-state index >= 15 is 0 Å². The molecule has 246 valence electrons. The number of benzene rings is 3. The van der Waals surface area contributed by atoms with Crippen LogP contribution in [0.1, 0.15) is 50.3 Å². The Morgan fingerprint density at radius 3 is 2.00 bits per heavy atom. The summed E-state index contributed by atoms with van der Waals surface area (Å²) in [4.78, 5) is 26.3. The van der Waals surface area contributed by atoms with Gasteiger partial charge in [-0.05, 0) is 40.7 Å². The van der Waals surface area contributed by atoms with E-state index in [9.17, 15) is 19.8 Å². The van der Waals surface area contributed by atoms with E-state index in [-0.39, 0.29) is 19.4 Å². The van der Waals surface area contributed by atoms with Gasteiger partial charge in [0, 0.05) is 31.6 Å². The van der Waals surface area contributed by atoms with Crippen molar-refractivity contribution in [3.05, 3.63) is 143 Å². The summed E-state index contributed by atoms with van der Waals surface area (Å²) >= 11 is 0. The maximum atomic E-state index is 13.8. The average molecular weight is 645 g/mol. The number of nitrogens with zero attached hydrogens (tertiary/aromatic N) is 2. The van der Waals surface area contributed by atoms with Crippen LogP contribution in [0.3, 0.4) is 0 Å². The molecule has 0 radical (unpaired) electrons. The average Bonchev–Trinajstić information content (AvgIpc) is 3.48. The number of esters is 1. The Balaban J connectivity index is 1.40. The van der Waals surface area contributed by atoms with Crippen molar-refractivity contribution in [3.8, 4) is 0 Å². The molecule has 0 bridgehead atoms. The summed E-state index contributed by atoms with van der Waals surface area (Å²) < 4.78 is 13.1. The lowest BCUT2D eigenvalue weighted by atomic mass is 9.54. The van der Waals surface area contributed by atoms with Crippen molar-refractivity contribution in [1.29, 1.82) is 0 Å². The molecule has 8 nitrogen and oxygen atoms in total. The van der Waals surface area contributed by atoms with Crippen LogP contribution >= 0.6 is 0 Å². The molecule has 1 heterocycles. The number of hydrogen-bond acceptors (Lipinski definition) is 8. The van der Waals surface area contributed by atoms with Gasteiger partial charge in [0.15, 0.2) is 5.78 Å². The summed E-state index contributed by atoms with van der Waals surface area (Å²) in [6, 6.07) is 29.9. The lowest BCUT2D eigenvalue weighted by Crippen LogP contribution is -2.65. The number of Topliss-reactive ketones (excluding diaryl/α,β-unsaturated/α-hetero) is 1. The first-order chi connectivity index (χ1) is 23.0. The fraction of sp³-hybridized carbons (Fsp3) is 0.350. The number of ether oxygens (including phenoxy) is 2. The lowest BCUT2D eigenvalue weighted by Gasteiger charge is -2.55. The van der Waals surface area contributed by atoms with Gasteiger partial charge in [0.1, 0.15) is 11.2 Å². The second kappa shape index (κ2) is 11.6. The van der Waals surface area contributed by atoms with E-state index in [1.54, 1.807) is 13.0 Å². The number of hydrogen-bond donors (Lipinski definition) is 2. The van der Waals surface area contributed by atoms with E-state index in [1.165, 1.54) is 6.92 Å². The molecule has 7 rings (SSSR count). The molecule has 3 aromatic rings. The highest BCUT2D eigenvalue weighted by Gasteiger charge is 2.70. The molecule has 2 N–H and O–H groups in total. The third-order valence-corrected chi connectivity index (χ3v) is 10.9. The van der Waals surface area contributed by atoms with Crippen LogP contribution in [-0.4, -0.2) is 45.5 Å². The van der Waals surface area contributed by atoms with Gasteiger partial charge in [-0.1, -0.05) is 117 Å². The van der Waals surface area contributed by atoms with E-state index in [0.29, 0.717) is 16.8 Å². The Hall–Kier alpha value is -4.50. The predicted molar refractivity (Wildman–Crippen MR) is 179 cm³/mol. The summed E-state index contributed by atoms with van der Waals surface area (Å²) in [5.41, 5.74) is -1.87. The van der Waals surface area contributed by atoms with E-state index in [0.717, 1.165) is 16.7 Å². The van der Waals surface area contributed by atoms with Crippen molar-refractivity contribution in [1.82, 2.24) is 0 Å². The largest absolute Gasteiger partial charge is 0.435 e. The molecule has 48 heavy (non-hydrogen) atoms. The molecule has 0 amide bonds. The molecular weight excluding hydrogens is 604 g/mol. The van der Waals surface area contributed by atoms with Crippen molar-refractivity contribution in [2.75, 3.05) is 6.61 Å². The van der Waals surface area contributed by atoms with Crippen LogP contribution in [0.15, 0.2) is 137 Å². The number of fused-ring (bicyclic) bond motifs is 5. The highest BCUT2D eigenvalue weighted by atomic mass is 16.6. The van der Waals surface area contributed by atoms with Crippen LogP contribution in [0.25, 0.3) is 0 Å². The minimum absolute atomic E-state index is 0.00898. The van der Waals surface area contributed by atoms with Gasteiger partial charge in [0.25, 0.3) is 0 Å². The number of aliphatic hydroxyl groups is 2. The smallest absolute Gasteiger partial charge is 0.304 e. The molecule has 1 aliphatic heterocycles. The molecule has 1 fully saturated rings. The number of rotatable bonds is 7. The highest BCUT2D eigenvalue weighted by Crippen LogP contribution is 2.62. The van der Waals surface area contributed by atoms with E-state index in [2.05, 4.69) is 16.8 Å². The molecule has 0 spiro atoms. The van der Waals surface area contributed by atoms with Gasteiger partial charge in [-0.15, -0.1) is 5.11 Å². The van der Waals surface area contributed by atoms with Crippen LogP contribution in [0.2, 0.25) is 0 Å². The molecule has 4 aliphatic rings. The normalized spacial score (nSPS) is 32.4. The van der Waals surface area contributed by atoms with Crippen LogP contribution < -0.4 is 0 Å². The fourth-order valence-corrected chi connectivity index (χ4v) is 8.89. The Morgan fingerprint density at radius 2 is 1.48 bits per heavy atom. The Kier molecular flexibility index (Phi) is 7.74. The topological polar surface area (TPSA) is 118 Å². The fourth-order valence-electron chi connectivity index (χ4n) is 8.89. The zero-order valence-electron chi connectivity index (χ0n) is 27.4. The van der Waals surface area contributed by atoms with Gasteiger partial charge in [-0.25, -0.2) is 0 Å². The maximum Gasteiger partial charge on any atom is 0.304 e. The second-order valence-electron chi connectivity index (χ2n) is 13.8. The van der Waals surface area contributed by atoms with Crippen molar-refractivity contribution in [2.24, 2.45) is 33.9 Å². The van der Waals surface area contributed by atoms with Gasteiger partial charge in [0.2, 0.25) is 5.72 Å². The van der Waals surface area contributed by atoms with Crippen LogP contribution in [-0.2, 0) is 24.7 Å². The van der Waals surface area contributed by atoms with Crippen molar-refractivity contribution >= 4 is 11.8 Å². The first kappa shape index (κ1) is 32.1. The first-order valence-electron chi connectivity index (χ1n) is 16.4. The highest BCUT2D eigenvalue weighted by molar-refractivity contribution is 6.04. The Bertz CT molecular complexity index is 1760.